The Morgan fingerprint density at radius 1 is 0.919 bits per heavy atom. The van der Waals surface area contributed by atoms with Crippen molar-refractivity contribution in [3.05, 3.63) is 0 Å². The van der Waals surface area contributed by atoms with Crippen LogP contribution in [0.1, 0.15) is 90.4 Å². The Balaban J connectivity index is 0. The number of likely N-dealkylation sites (N-methyl/N-ethyl adjacent to an activating group) is 1. The van der Waals surface area contributed by atoms with Gasteiger partial charge < -0.3 is 41.4 Å². The number of amides is 2. The van der Waals surface area contributed by atoms with E-state index in [4.69, 9.17) is 16.9 Å². The number of carboxylic acids is 1. The van der Waals surface area contributed by atoms with E-state index in [9.17, 15) is 14.7 Å². The minimum atomic E-state index is -1.14. The van der Waals surface area contributed by atoms with Crippen LogP contribution in [-0.2, 0) is 4.79 Å². The van der Waals surface area contributed by atoms with E-state index in [-0.39, 0.29) is 24.4 Å². The third kappa shape index (κ3) is 29.6. The number of carboxylic acid groups (broad SMARTS) is 1. The van der Waals surface area contributed by atoms with Gasteiger partial charge in [0, 0.05) is 33.0 Å². The number of carbonyl (C=O) groups is 2. The lowest BCUT2D eigenvalue weighted by Gasteiger charge is -2.30. The quantitative estimate of drug-likeness (QED) is 0.0787. The van der Waals surface area contributed by atoms with E-state index in [0.717, 1.165) is 12.8 Å². The van der Waals surface area contributed by atoms with E-state index in [1.807, 2.05) is 21.1 Å². The molecule has 0 aromatic carbocycles. The first-order chi connectivity index (χ1) is 17.3. The Morgan fingerprint density at radius 3 is 1.73 bits per heavy atom. The van der Waals surface area contributed by atoms with Gasteiger partial charge in [0.15, 0.2) is 5.96 Å². The molecule has 0 rings (SSSR count). The van der Waals surface area contributed by atoms with Crippen LogP contribution in [0.25, 0.3) is 0 Å². The van der Waals surface area contributed by atoms with Crippen molar-refractivity contribution in [3.63, 3.8) is 0 Å². The standard InChI is InChI=1S/C22H45N3O3.C4H11N5/c1-5-6-7-8-9-10-11-12-13-14-15-16-17-23-22(28)24-20(18-21(26)27)19-25(2,3)4;1-9(2)4(7)8-3(5)6/h20H,5-19H2,1-4H3,(H2-,23,24,26,27,28);1-2H3,(H5,5,6,7,8)/t20-;/m1./s1. The molecule has 218 valence electrons. The minimum Gasteiger partial charge on any atom is -0.550 e. The van der Waals surface area contributed by atoms with Crippen LogP contribution in [0.5, 0.6) is 0 Å². The van der Waals surface area contributed by atoms with E-state index in [1.54, 1.807) is 14.1 Å². The zero-order valence-corrected chi connectivity index (χ0v) is 24.4. The van der Waals surface area contributed by atoms with Crippen LogP contribution >= 0.6 is 0 Å². The number of quaternary nitrogens is 1. The zero-order chi connectivity index (χ0) is 28.7. The summed E-state index contributed by atoms with van der Waals surface area (Å²) in [4.78, 5) is 27.8. The number of carbonyl (C=O) groups excluding carboxylic acids is 2. The maximum Gasteiger partial charge on any atom is 0.315 e. The number of nitrogens with zero attached hydrogens (tertiary/aromatic N) is 3. The van der Waals surface area contributed by atoms with Crippen LogP contribution in [0.2, 0.25) is 0 Å². The lowest BCUT2D eigenvalue weighted by molar-refractivity contribution is -0.871. The number of guanidine groups is 2. The summed E-state index contributed by atoms with van der Waals surface area (Å²) in [6, 6.07) is -0.713. The Kier molecular flexibility index (Phi) is 22.4. The highest BCUT2D eigenvalue weighted by atomic mass is 16.4. The van der Waals surface area contributed by atoms with Gasteiger partial charge in [-0.15, -0.1) is 0 Å². The second-order valence-electron chi connectivity index (χ2n) is 10.8. The average Bonchev–Trinajstić information content (AvgIpc) is 2.75. The molecule has 0 radical (unpaired) electrons. The first-order valence-corrected chi connectivity index (χ1v) is 13.7. The fourth-order valence-corrected chi connectivity index (χ4v) is 3.65. The average molecular weight is 529 g/mol. The van der Waals surface area contributed by atoms with Crippen molar-refractivity contribution in [2.24, 2.45) is 16.5 Å². The maximum absolute atomic E-state index is 12.0. The number of aliphatic carboxylic acids is 1. The lowest BCUT2D eigenvalue weighted by Crippen LogP contribution is -2.53. The monoisotopic (exact) mass is 528 g/mol. The van der Waals surface area contributed by atoms with Gasteiger partial charge in [0.1, 0.15) is 0 Å². The van der Waals surface area contributed by atoms with Gasteiger partial charge in [0.25, 0.3) is 0 Å². The summed E-state index contributed by atoms with van der Waals surface area (Å²) < 4.78 is 0.580. The molecule has 1 atom stereocenters. The highest BCUT2D eigenvalue weighted by Crippen LogP contribution is 2.11. The molecule has 0 spiro atoms. The predicted molar refractivity (Wildman–Crippen MR) is 151 cm³/mol. The summed E-state index contributed by atoms with van der Waals surface area (Å²) >= 11 is 0. The summed E-state index contributed by atoms with van der Waals surface area (Å²) in [6.07, 6.45) is 15.3. The topological polar surface area (TPSA) is 173 Å². The molecule has 0 fully saturated rings. The number of urea groups is 1. The van der Waals surface area contributed by atoms with Gasteiger partial charge in [0.05, 0.1) is 33.7 Å². The number of nitrogens with two attached hydrogens (primary N) is 2. The number of unbranched alkanes of at least 4 members (excludes halogenated alkanes) is 11. The van der Waals surface area contributed by atoms with Crippen molar-refractivity contribution in [1.82, 2.24) is 15.5 Å². The van der Waals surface area contributed by atoms with E-state index in [0.29, 0.717) is 17.6 Å². The highest BCUT2D eigenvalue weighted by Gasteiger charge is 2.20. The molecule has 0 saturated carbocycles. The van der Waals surface area contributed by atoms with E-state index in [1.165, 1.54) is 69.1 Å². The summed E-state index contributed by atoms with van der Waals surface area (Å²) in [6.45, 7) is 3.42. The van der Waals surface area contributed by atoms with Gasteiger partial charge in [-0.05, 0) is 6.42 Å². The number of rotatable bonds is 18. The Morgan fingerprint density at radius 2 is 1.38 bits per heavy atom. The Labute approximate surface area is 225 Å². The molecule has 37 heavy (non-hydrogen) atoms. The third-order valence-corrected chi connectivity index (χ3v) is 5.49. The molecule has 11 heteroatoms. The van der Waals surface area contributed by atoms with Crippen LogP contribution in [0, 0.1) is 5.41 Å². The third-order valence-electron chi connectivity index (χ3n) is 5.49. The number of hydrogen-bond acceptors (Lipinski definition) is 4. The van der Waals surface area contributed by atoms with Crippen LogP contribution in [0.15, 0.2) is 4.99 Å². The van der Waals surface area contributed by atoms with Crippen molar-refractivity contribution in [1.29, 1.82) is 5.41 Å². The molecule has 0 aromatic rings. The van der Waals surface area contributed by atoms with Crippen LogP contribution < -0.4 is 27.2 Å². The summed E-state index contributed by atoms with van der Waals surface area (Å²) in [5.74, 6) is -1.18. The molecule has 0 bridgehead atoms. The SMILES string of the molecule is CCCCCCCCCCCCCCNC(=O)N[C@H](CC(=O)[O-])C[N+](C)(C)C.CN(C)C(=N)N=C(N)N. The van der Waals surface area contributed by atoms with E-state index < -0.39 is 12.0 Å². The van der Waals surface area contributed by atoms with Crippen molar-refractivity contribution in [2.45, 2.75) is 96.4 Å². The highest BCUT2D eigenvalue weighted by molar-refractivity contribution is 5.91. The Hall–Kier alpha value is -2.56. The van der Waals surface area contributed by atoms with Crippen molar-refractivity contribution < 1.29 is 19.2 Å². The van der Waals surface area contributed by atoms with Gasteiger partial charge >= 0.3 is 6.03 Å². The molecule has 2 amide bonds. The van der Waals surface area contributed by atoms with Crippen LogP contribution in [-0.4, -0.2) is 87.7 Å². The van der Waals surface area contributed by atoms with Crippen molar-refractivity contribution >= 4 is 23.9 Å². The molecule has 11 nitrogen and oxygen atoms in total. The fraction of sp³-hybridized carbons (Fsp3) is 0.846. The fourth-order valence-electron chi connectivity index (χ4n) is 3.65. The molecule has 0 aliphatic rings. The molecule has 0 unspecified atom stereocenters. The second-order valence-corrected chi connectivity index (χ2v) is 10.8. The first kappa shape index (κ1) is 36.6. The summed E-state index contributed by atoms with van der Waals surface area (Å²) in [7, 11) is 9.28. The molecule has 0 saturated heterocycles. The minimum absolute atomic E-state index is 0.0509. The van der Waals surface area contributed by atoms with E-state index >= 15 is 0 Å². The molecule has 7 N–H and O–H groups in total. The number of hydrogen-bond donors (Lipinski definition) is 5. The van der Waals surface area contributed by atoms with Gasteiger partial charge in [-0.3, -0.25) is 5.41 Å². The predicted octanol–water partition coefficient (Wildman–Crippen LogP) is 1.96. The first-order valence-electron chi connectivity index (χ1n) is 13.7. The summed E-state index contributed by atoms with van der Waals surface area (Å²) in [5.41, 5.74) is 9.98. The second kappa shape index (κ2) is 22.6. The molecule has 0 aliphatic carbocycles. The molecular weight excluding hydrogens is 472 g/mol. The van der Waals surface area contributed by atoms with Gasteiger partial charge in [0.2, 0.25) is 5.96 Å². The normalized spacial score (nSPS) is 11.5. The lowest BCUT2D eigenvalue weighted by atomic mass is 10.1. The number of nitrogens with one attached hydrogen (secondary N) is 3. The molecule has 0 aromatic heterocycles. The van der Waals surface area contributed by atoms with Crippen LogP contribution in [0.3, 0.4) is 0 Å². The van der Waals surface area contributed by atoms with Crippen LogP contribution in [0.4, 0.5) is 4.79 Å². The van der Waals surface area contributed by atoms with Crippen molar-refractivity contribution in [3.8, 4) is 0 Å². The number of aliphatic imine (C=N–C) groups is 1. The largest absolute Gasteiger partial charge is 0.550 e. The molecule has 0 aliphatic heterocycles. The summed E-state index contributed by atoms with van der Waals surface area (Å²) in [5, 5.41) is 23.5. The molecule has 0 heterocycles. The Bertz CT molecular complexity index is 644. The smallest absolute Gasteiger partial charge is 0.315 e. The van der Waals surface area contributed by atoms with Crippen molar-refractivity contribution in [2.75, 3.05) is 48.3 Å². The van der Waals surface area contributed by atoms with Gasteiger partial charge in [-0.2, -0.15) is 4.99 Å². The van der Waals surface area contributed by atoms with Gasteiger partial charge in [-0.1, -0.05) is 77.6 Å². The van der Waals surface area contributed by atoms with Gasteiger partial charge in [-0.25, -0.2) is 4.79 Å². The maximum atomic E-state index is 12.0. The molecular formula is C26H56N8O3. The van der Waals surface area contributed by atoms with E-state index in [2.05, 4.69) is 22.5 Å². The zero-order valence-electron chi connectivity index (χ0n) is 24.4.